The number of aromatic nitrogens is 6. The van der Waals surface area contributed by atoms with Gasteiger partial charge in [-0.2, -0.15) is 0 Å². The van der Waals surface area contributed by atoms with Crippen LogP contribution in [0.1, 0.15) is 54.6 Å². The number of pyridine rings is 2. The highest BCUT2D eigenvalue weighted by atomic mass is 19.2. The molecule has 0 saturated heterocycles. The number of nitrogens with zero attached hydrogens (tertiary/aromatic N) is 6. The minimum absolute atomic E-state index is 0.0184. The molecule has 81 heavy (non-hydrogen) atoms. The fraction of sp³-hybridized carbons (Fsp3) is 0.167. The summed E-state index contributed by atoms with van der Waals surface area (Å²) in [5.41, 5.74) is 0.919. The molecule has 0 radical (unpaired) electrons. The predicted octanol–water partition coefficient (Wildman–Crippen LogP) is 12.3. The number of carbonyl (C=O) groups is 2. The van der Waals surface area contributed by atoms with E-state index in [9.17, 15) is 27.2 Å². The Morgan fingerprint density at radius 2 is 0.877 bits per heavy atom. The van der Waals surface area contributed by atoms with E-state index in [0.717, 1.165) is 60.7 Å². The van der Waals surface area contributed by atoms with Gasteiger partial charge >= 0.3 is 11.9 Å². The van der Waals surface area contributed by atoms with Crippen LogP contribution < -0.4 is 9.47 Å². The van der Waals surface area contributed by atoms with Gasteiger partial charge in [-0.1, -0.05) is 12.1 Å². The van der Waals surface area contributed by atoms with E-state index in [4.69, 9.17) is 23.7 Å². The number of methoxy groups -OCH3 is 2. The molecule has 0 unspecified atom stereocenters. The van der Waals surface area contributed by atoms with Crippen molar-refractivity contribution < 1.29 is 68.4 Å². The number of imidazole rings is 2. The van der Waals surface area contributed by atoms with Crippen LogP contribution in [0.25, 0.3) is 44.6 Å². The number of halogens is 8. The van der Waals surface area contributed by atoms with E-state index in [1.54, 1.807) is 9.13 Å². The lowest BCUT2D eigenvalue weighted by atomic mass is 10.0. The number of fused-ring (bicyclic) bond motifs is 2. The summed E-state index contributed by atoms with van der Waals surface area (Å²) in [6.07, 6.45) is -0.398. The maximum Gasteiger partial charge on any atom is 0.346 e. The van der Waals surface area contributed by atoms with Gasteiger partial charge in [0.2, 0.25) is 11.8 Å². The third kappa shape index (κ3) is 12.3. The van der Waals surface area contributed by atoms with Crippen LogP contribution in [0.15, 0.2) is 133 Å². The molecule has 4 heterocycles. The average Bonchev–Trinajstić information content (AvgIpc) is 4.26. The Labute approximate surface area is 456 Å². The van der Waals surface area contributed by atoms with E-state index in [2.05, 4.69) is 19.9 Å². The smallest absolute Gasteiger partial charge is 0.346 e. The number of esters is 2. The summed E-state index contributed by atoms with van der Waals surface area (Å²) in [5.74, 6) is -7.42. The lowest BCUT2D eigenvalue weighted by Crippen LogP contribution is -2.14. The molecule has 0 aliphatic carbocycles. The van der Waals surface area contributed by atoms with Crippen LogP contribution >= 0.6 is 0 Å². The van der Waals surface area contributed by atoms with E-state index in [1.807, 2.05) is 0 Å². The molecule has 13 nitrogen and oxygen atoms in total. The normalized spacial score (nSPS) is 11.4. The van der Waals surface area contributed by atoms with Crippen LogP contribution in [0, 0.1) is 46.5 Å². The fourth-order valence-corrected chi connectivity index (χ4v) is 9.02. The van der Waals surface area contributed by atoms with Crippen LogP contribution in [0.5, 0.6) is 11.8 Å². The first-order valence-electron chi connectivity index (χ1n) is 24.9. The van der Waals surface area contributed by atoms with Crippen molar-refractivity contribution in [1.29, 1.82) is 0 Å². The van der Waals surface area contributed by atoms with Crippen molar-refractivity contribution in [3.63, 3.8) is 0 Å². The van der Waals surface area contributed by atoms with Crippen molar-refractivity contribution in [2.24, 2.45) is 0 Å². The lowest BCUT2D eigenvalue weighted by molar-refractivity contribution is 0.0397. The maximum absolute atomic E-state index is 15.9. The van der Waals surface area contributed by atoms with Crippen LogP contribution in [-0.4, -0.2) is 68.4 Å². The summed E-state index contributed by atoms with van der Waals surface area (Å²) in [7, 11) is 2.95. The molecule has 412 valence electrons. The largest absolute Gasteiger partial charge is 0.473 e. The molecule has 21 heteroatoms. The third-order valence-corrected chi connectivity index (χ3v) is 13.1. The molecule has 10 rings (SSSR count). The molecule has 0 saturated carbocycles. The zero-order chi connectivity index (χ0) is 56.9. The number of hydrogen-bond acceptors (Lipinski definition) is 11. The van der Waals surface area contributed by atoms with Gasteiger partial charge in [0.1, 0.15) is 71.4 Å². The van der Waals surface area contributed by atoms with Gasteiger partial charge in [-0.3, -0.25) is 0 Å². The molecule has 0 spiro atoms. The van der Waals surface area contributed by atoms with Crippen LogP contribution in [0.3, 0.4) is 0 Å². The number of ether oxygens (including phenoxy) is 5. The molecular formula is C60H44F8N6O7. The number of carbonyl (C=O) groups excluding carboxylic acids is 2. The van der Waals surface area contributed by atoms with Gasteiger partial charge in [0.25, 0.3) is 0 Å². The van der Waals surface area contributed by atoms with Gasteiger partial charge < -0.3 is 32.8 Å². The topological polar surface area (TPSA) is 142 Å². The summed E-state index contributed by atoms with van der Waals surface area (Å²) >= 11 is 0. The molecule has 0 N–H and O–H groups in total. The van der Waals surface area contributed by atoms with E-state index < -0.39 is 58.5 Å². The standard InChI is InChI=1S/C60H44F8N6O7/c1-77-19-17-73-53-25-33(9-15-51(53)69-55(73)27-35-23-47(67)41(29-45(35)65)49-5-3-7-57(71-49)79-31-37-21-39(61)11-13-43(37)63)59(75)81-60(76)34-10-16-52-54(26-34)74(18-20-78-2)56(70-52)28-36-24-48(68)42(30-46(36)66)50-6-4-8-58(72-50)80-32-38-22-40(62)12-14-44(38)64/h3-16,21-26,29-30H,17-20,27-28,31-32H2,1-2H3. The minimum atomic E-state index is -1.01. The SMILES string of the molecule is COCCn1c(Cc2cc(F)c(-c3cccc(OCc4cc(F)ccc4F)n3)cc2F)nc2ccc(C(=O)OC(=O)c3ccc4nc(Cc5cc(F)c(-c6cccc(OCc7cc(F)ccc7F)n6)cc5F)n(CCOC)c4c3)cc21. The van der Waals surface area contributed by atoms with Crippen molar-refractivity contribution in [2.45, 2.75) is 39.1 Å². The lowest BCUT2D eigenvalue weighted by Gasteiger charge is -2.12. The van der Waals surface area contributed by atoms with Gasteiger partial charge in [0.15, 0.2) is 0 Å². The molecule has 6 aromatic carbocycles. The van der Waals surface area contributed by atoms with E-state index >= 15 is 17.6 Å². The third-order valence-electron chi connectivity index (χ3n) is 13.1. The summed E-state index contributed by atoms with van der Waals surface area (Å²) in [6, 6.07) is 27.3. The van der Waals surface area contributed by atoms with Gasteiger partial charge in [0, 0.05) is 74.5 Å². The first-order chi connectivity index (χ1) is 39.1. The molecule has 4 aromatic heterocycles. The Hall–Kier alpha value is -9.34. The zero-order valence-corrected chi connectivity index (χ0v) is 42.9. The van der Waals surface area contributed by atoms with Gasteiger partial charge in [-0.25, -0.2) is 64.6 Å². The Morgan fingerprint density at radius 3 is 1.30 bits per heavy atom. The second-order valence-corrected chi connectivity index (χ2v) is 18.4. The Kier molecular flexibility index (Phi) is 16.3. The summed E-state index contributed by atoms with van der Waals surface area (Å²) in [4.78, 5) is 45.2. The summed E-state index contributed by atoms with van der Waals surface area (Å²) < 4.78 is 150. The monoisotopic (exact) mass is 1110 g/mol. The van der Waals surface area contributed by atoms with Crippen molar-refractivity contribution >= 4 is 34.0 Å². The Bertz CT molecular complexity index is 3780. The van der Waals surface area contributed by atoms with Crippen molar-refractivity contribution in [1.82, 2.24) is 29.1 Å². The van der Waals surface area contributed by atoms with Crippen LogP contribution in [0.4, 0.5) is 35.1 Å². The minimum Gasteiger partial charge on any atom is -0.473 e. The van der Waals surface area contributed by atoms with E-state index in [0.29, 0.717) is 33.7 Å². The highest BCUT2D eigenvalue weighted by Gasteiger charge is 2.24. The molecule has 10 aromatic rings. The second kappa shape index (κ2) is 23.9. The quantitative estimate of drug-likeness (QED) is 0.0409. The first-order valence-corrected chi connectivity index (χ1v) is 24.9. The fourth-order valence-electron chi connectivity index (χ4n) is 9.02. The molecule has 0 atom stereocenters. The molecule has 0 aliphatic heterocycles. The van der Waals surface area contributed by atoms with Gasteiger partial charge in [-0.15, -0.1) is 0 Å². The molecule has 0 bridgehead atoms. The molecule has 0 aliphatic rings. The zero-order valence-electron chi connectivity index (χ0n) is 42.9. The summed E-state index contributed by atoms with van der Waals surface area (Å²) in [5, 5.41) is 0. The van der Waals surface area contributed by atoms with E-state index in [-0.39, 0.29) is 120 Å². The number of rotatable bonds is 20. The molecule has 0 fully saturated rings. The highest BCUT2D eigenvalue weighted by molar-refractivity contribution is 6.05. The Balaban J connectivity index is 0.842. The van der Waals surface area contributed by atoms with Gasteiger partial charge in [0.05, 0.1) is 57.8 Å². The first kappa shape index (κ1) is 55.0. The van der Waals surface area contributed by atoms with Crippen LogP contribution in [-0.2, 0) is 53.4 Å². The van der Waals surface area contributed by atoms with Crippen LogP contribution in [0.2, 0.25) is 0 Å². The highest BCUT2D eigenvalue weighted by Crippen LogP contribution is 2.31. The van der Waals surface area contributed by atoms with Crippen molar-refractivity contribution in [2.75, 3.05) is 27.4 Å². The van der Waals surface area contributed by atoms with E-state index in [1.165, 1.54) is 87.0 Å². The molecule has 0 amide bonds. The molecular weight excluding hydrogens is 1070 g/mol. The second-order valence-electron chi connectivity index (χ2n) is 18.4. The number of benzene rings is 6. The Morgan fingerprint density at radius 1 is 0.444 bits per heavy atom. The average molecular weight is 1110 g/mol. The van der Waals surface area contributed by atoms with Crippen molar-refractivity contribution in [3.8, 4) is 34.3 Å². The number of hydrogen-bond donors (Lipinski definition) is 0. The maximum atomic E-state index is 15.9. The predicted molar refractivity (Wildman–Crippen MR) is 279 cm³/mol. The van der Waals surface area contributed by atoms with Gasteiger partial charge in [-0.05, 0) is 120 Å². The van der Waals surface area contributed by atoms with Crippen molar-refractivity contribution in [3.05, 3.63) is 225 Å². The summed E-state index contributed by atoms with van der Waals surface area (Å²) in [6.45, 7) is -0.0515.